The summed E-state index contributed by atoms with van der Waals surface area (Å²) in [5, 5.41) is 3.68. The predicted molar refractivity (Wildman–Crippen MR) is 92.4 cm³/mol. The Morgan fingerprint density at radius 1 is 1.32 bits per heavy atom. The molecule has 2 saturated heterocycles. The molecule has 2 aliphatic heterocycles. The van der Waals surface area contributed by atoms with Crippen LogP contribution in [0.15, 0.2) is 18.2 Å². The van der Waals surface area contributed by atoms with Gasteiger partial charge in [-0.05, 0) is 54.7 Å². The number of aryl methyl sites for hydroxylation is 1. The van der Waals surface area contributed by atoms with E-state index in [9.17, 15) is 9.59 Å². The molecule has 0 radical (unpaired) electrons. The van der Waals surface area contributed by atoms with Gasteiger partial charge in [0.25, 0.3) is 0 Å². The molecule has 2 amide bonds. The van der Waals surface area contributed by atoms with Crippen molar-refractivity contribution in [3.63, 3.8) is 0 Å². The average molecular weight is 361 g/mol. The minimum Gasteiger partial charge on any atom is -0.447 e. The predicted octanol–water partition coefficient (Wildman–Crippen LogP) is 2.71. The highest BCUT2D eigenvalue weighted by Gasteiger charge is 2.59. The molecule has 1 N–H and O–H groups in total. The number of likely N-dealkylation sites (tertiary alicyclic amines) is 1. The summed E-state index contributed by atoms with van der Waals surface area (Å²) in [5.74, 6) is 1.99. The molecule has 0 bridgehead atoms. The highest BCUT2D eigenvalue weighted by molar-refractivity contribution is 6.31. The lowest BCUT2D eigenvalue weighted by Crippen LogP contribution is -2.58. The van der Waals surface area contributed by atoms with Crippen molar-refractivity contribution in [1.29, 1.82) is 0 Å². The number of hydrogen-bond acceptors (Lipinski definition) is 3. The number of hydrogen-bond donors (Lipinski definition) is 1. The molecule has 2 saturated carbocycles. The number of nitrogens with zero attached hydrogens (tertiary/aromatic N) is 1. The molecule has 4 aliphatic rings. The van der Waals surface area contributed by atoms with Gasteiger partial charge in [0.1, 0.15) is 6.61 Å². The maximum atomic E-state index is 12.7. The van der Waals surface area contributed by atoms with Crippen LogP contribution >= 0.6 is 11.6 Å². The zero-order valence-corrected chi connectivity index (χ0v) is 14.9. The third-order valence-corrected chi connectivity index (χ3v) is 6.96. The maximum Gasteiger partial charge on any atom is 0.407 e. The van der Waals surface area contributed by atoms with Crippen molar-refractivity contribution < 1.29 is 14.3 Å². The molecule has 2 heterocycles. The molecular formula is C19H21ClN2O3. The van der Waals surface area contributed by atoms with Crippen LogP contribution in [0.1, 0.15) is 29.9 Å². The molecule has 6 heteroatoms. The fourth-order valence-corrected chi connectivity index (χ4v) is 5.23. The van der Waals surface area contributed by atoms with Gasteiger partial charge in [0.2, 0.25) is 5.91 Å². The standard InChI is InChI=1S/C19H21ClN2O3/c1-10-2-3-11(4-15(10)20)16-13-7-22(8-14(13)16)17(23)12-5-19(6-12)9-25-18(24)21-19/h2-4,12-14,16H,5-9H2,1H3,(H,21,24)/t12-,13-,14+,16+,19+. The van der Waals surface area contributed by atoms with Gasteiger partial charge in [-0.3, -0.25) is 4.79 Å². The van der Waals surface area contributed by atoms with Crippen LogP contribution in [0.2, 0.25) is 5.02 Å². The minimum atomic E-state index is -0.354. The fourth-order valence-electron chi connectivity index (χ4n) is 5.05. The van der Waals surface area contributed by atoms with Gasteiger partial charge in [0.05, 0.1) is 5.54 Å². The lowest BCUT2D eigenvalue weighted by Gasteiger charge is -2.43. The molecule has 1 aromatic carbocycles. The van der Waals surface area contributed by atoms with E-state index in [1.165, 1.54) is 5.56 Å². The van der Waals surface area contributed by atoms with Gasteiger partial charge < -0.3 is 15.0 Å². The molecule has 0 unspecified atom stereocenters. The summed E-state index contributed by atoms with van der Waals surface area (Å²) in [6, 6.07) is 6.35. The zero-order valence-electron chi connectivity index (χ0n) is 14.1. The number of fused-ring (bicyclic) bond motifs is 1. The van der Waals surface area contributed by atoms with Gasteiger partial charge in [-0.25, -0.2) is 4.79 Å². The molecule has 5 nitrogen and oxygen atoms in total. The SMILES string of the molecule is Cc1ccc([C@H]2[C@@H]3CN(C(=O)[C@H]4C[C@]5(COC(=O)N5)C4)C[C@@H]32)cc1Cl. The van der Waals surface area contributed by atoms with E-state index >= 15 is 0 Å². The molecule has 5 rings (SSSR count). The number of carbonyl (C=O) groups is 2. The number of halogens is 1. The van der Waals surface area contributed by atoms with Crippen LogP contribution < -0.4 is 5.32 Å². The van der Waals surface area contributed by atoms with E-state index in [1.54, 1.807) is 0 Å². The van der Waals surface area contributed by atoms with Gasteiger partial charge in [0, 0.05) is 24.0 Å². The molecule has 2 aliphatic carbocycles. The molecule has 1 aromatic rings. The third-order valence-electron chi connectivity index (χ3n) is 6.56. The van der Waals surface area contributed by atoms with E-state index in [-0.39, 0.29) is 23.5 Å². The fraction of sp³-hybridized carbons (Fsp3) is 0.579. The molecule has 132 valence electrons. The summed E-state index contributed by atoms with van der Waals surface area (Å²) in [6.07, 6.45) is 1.06. The quantitative estimate of drug-likeness (QED) is 0.882. The summed E-state index contributed by atoms with van der Waals surface area (Å²) >= 11 is 6.25. The lowest BCUT2D eigenvalue weighted by atomic mass is 9.68. The smallest absolute Gasteiger partial charge is 0.407 e. The van der Waals surface area contributed by atoms with Crippen LogP contribution in [-0.2, 0) is 9.53 Å². The Morgan fingerprint density at radius 3 is 2.64 bits per heavy atom. The summed E-state index contributed by atoms with van der Waals surface area (Å²) in [6.45, 7) is 4.12. The van der Waals surface area contributed by atoms with Crippen molar-refractivity contribution >= 4 is 23.6 Å². The van der Waals surface area contributed by atoms with Gasteiger partial charge in [-0.2, -0.15) is 0 Å². The Hall–Kier alpha value is -1.75. The van der Waals surface area contributed by atoms with Gasteiger partial charge in [0.15, 0.2) is 0 Å². The van der Waals surface area contributed by atoms with E-state index < -0.39 is 0 Å². The summed E-state index contributed by atoms with van der Waals surface area (Å²) in [4.78, 5) is 25.9. The first kappa shape index (κ1) is 15.5. The Kier molecular flexibility index (Phi) is 3.18. The minimum absolute atomic E-state index is 0.0340. The number of piperidine rings is 1. The first-order valence-corrected chi connectivity index (χ1v) is 9.33. The van der Waals surface area contributed by atoms with Crippen LogP contribution in [-0.4, -0.2) is 42.1 Å². The molecule has 0 aromatic heterocycles. The Balaban J connectivity index is 1.18. The Labute approximate surface area is 151 Å². The summed E-state index contributed by atoms with van der Waals surface area (Å²) in [5.41, 5.74) is 2.14. The summed E-state index contributed by atoms with van der Waals surface area (Å²) < 4.78 is 4.98. The van der Waals surface area contributed by atoms with Gasteiger partial charge in [-0.15, -0.1) is 0 Å². The first-order chi connectivity index (χ1) is 12.0. The monoisotopic (exact) mass is 360 g/mol. The second-order valence-corrected chi connectivity index (χ2v) is 8.60. The van der Waals surface area contributed by atoms with Gasteiger partial charge in [-0.1, -0.05) is 23.7 Å². The number of amides is 2. The number of ether oxygens (including phenoxy) is 1. The average Bonchev–Trinajstić information content (AvgIpc) is 2.91. The van der Waals surface area contributed by atoms with E-state index in [2.05, 4.69) is 23.5 Å². The van der Waals surface area contributed by atoms with Crippen molar-refractivity contribution in [2.75, 3.05) is 19.7 Å². The van der Waals surface area contributed by atoms with Crippen molar-refractivity contribution in [3.8, 4) is 0 Å². The normalized spacial score (nSPS) is 38.2. The number of alkyl carbamates (subject to hydrolysis) is 1. The highest BCUT2D eigenvalue weighted by atomic mass is 35.5. The van der Waals surface area contributed by atoms with E-state index in [4.69, 9.17) is 16.3 Å². The number of carbonyl (C=O) groups excluding carboxylic acids is 2. The third kappa shape index (κ3) is 2.35. The number of rotatable bonds is 2. The van der Waals surface area contributed by atoms with Crippen molar-refractivity contribution in [1.82, 2.24) is 10.2 Å². The van der Waals surface area contributed by atoms with Crippen LogP contribution in [0.25, 0.3) is 0 Å². The molecule has 1 spiro atoms. The molecular weight excluding hydrogens is 340 g/mol. The van der Waals surface area contributed by atoms with Crippen LogP contribution in [0, 0.1) is 24.7 Å². The highest BCUT2D eigenvalue weighted by Crippen LogP contribution is 2.59. The van der Waals surface area contributed by atoms with Crippen molar-refractivity contribution in [2.24, 2.45) is 17.8 Å². The Bertz CT molecular complexity index is 762. The second-order valence-electron chi connectivity index (χ2n) is 8.19. The van der Waals surface area contributed by atoms with E-state index in [0.29, 0.717) is 37.2 Å². The van der Waals surface area contributed by atoms with Gasteiger partial charge >= 0.3 is 6.09 Å². The van der Waals surface area contributed by atoms with E-state index in [1.807, 2.05) is 11.8 Å². The zero-order chi connectivity index (χ0) is 17.3. The largest absolute Gasteiger partial charge is 0.447 e. The summed E-state index contributed by atoms with van der Waals surface area (Å²) in [7, 11) is 0. The number of cyclic esters (lactones) is 1. The number of nitrogens with one attached hydrogen (secondary N) is 1. The van der Waals surface area contributed by atoms with Crippen molar-refractivity contribution in [3.05, 3.63) is 34.3 Å². The van der Waals surface area contributed by atoms with Crippen molar-refractivity contribution in [2.45, 2.75) is 31.2 Å². The molecule has 4 fully saturated rings. The lowest BCUT2D eigenvalue weighted by molar-refractivity contribution is -0.140. The van der Waals surface area contributed by atoms with Crippen LogP contribution in [0.4, 0.5) is 4.79 Å². The maximum absolute atomic E-state index is 12.7. The second kappa shape index (κ2) is 5.13. The Morgan fingerprint density at radius 2 is 2.04 bits per heavy atom. The van der Waals surface area contributed by atoms with Crippen LogP contribution in [0.5, 0.6) is 0 Å². The molecule has 25 heavy (non-hydrogen) atoms. The first-order valence-electron chi connectivity index (χ1n) is 8.96. The number of benzene rings is 1. The molecule has 3 atom stereocenters. The topological polar surface area (TPSA) is 58.6 Å². The van der Waals surface area contributed by atoms with Crippen LogP contribution in [0.3, 0.4) is 0 Å². The van der Waals surface area contributed by atoms with E-state index in [0.717, 1.165) is 23.7 Å².